The van der Waals surface area contributed by atoms with E-state index in [0.717, 1.165) is 0 Å². The van der Waals surface area contributed by atoms with Gasteiger partial charge in [-0.2, -0.15) is 0 Å². The molecule has 0 saturated carbocycles. The maximum atomic E-state index is 13.0. The quantitative estimate of drug-likeness (QED) is 0.449. The number of benzene rings is 1. The smallest absolute Gasteiger partial charge is 0.211 e. The van der Waals surface area contributed by atoms with Gasteiger partial charge in [0.25, 0.3) is 0 Å². The Hall–Kier alpha value is -1.06. The number of nitrogens with zero attached hydrogens (tertiary/aromatic N) is 1. The molecule has 0 aliphatic carbocycles. The van der Waals surface area contributed by atoms with Gasteiger partial charge in [-0.3, -0.25) is 0 Å². The molecule has 0 aliphatic heterocycles. The van der Waals surface area contributed by atoms with Crippen LogP contribution in [0.5, 0.6) is 0 Å². The van der Waals surface area contributed by atoms with Crippen molar-refractivity contribution in [3.05, 3.63) is 33.8 Å². The highest BCUT2D eigenvalue weighted by Gasteiger charge is 2.10. The Labute approximate surface area is 81.4 Å². The molecule has 0 N–H and O–H groups in total. The molecule has 0 aromatic heterocycles. The van der Waals surface area contributed by atoms with E-state index in [4.69, 9.17) is 0 Å². The summed E-state index contributed by atoms with van der Waals surface area (Å²) in [4.78, 5) is 12.9. The Bertz CT molecular complexity index is 375. The van der Waals surface area contributed by atoms with E-state index in [2.05, 4.69) is 20.9 Å². The molecule has 1 aromatic rings. The third kappa shape index (κ3) is 2.20. The molecule has 2 nitrogen and oxygen atoms in total. The molecule has 68 valence electrons. The van der Waals surface area contributed by atoms with Gasteiger partial charge in [0.15, 0.2) is 11.6 Å². The van der Waals surface area contributed by atoms with Gasteiger partial charge in [0, 0.05) is 5.56 Å². The minimum absolute atomic E-state index is 0.0315. The van der Waals surface area contributed by atoms with Gasteiger partial charge >= 0.3 is 0 Å². The van der Waals surface area contributed by atoms with Crippen LogP contribution in [0.1, 0.15) is 5.56 Å². The van der Waals surface area contributed by atoms with E-state index in [1.54, 1.807) is 0 Å². The summed E-state index contributed by atoms with van der Waals surface area (Å²) in [5, 5.41) is 0. The number of carbonyl (C=O) groups excluding carboxylic acids is 1. The predicted octanol–water partition coefficient (Wildman–Crippen LogP) is 2.56. The number of hydrogen-bond acceptors (Lipinski definition) is 2. The lowest BCUT2D eigenvalue weighted by Crippen LogP contribution is -1.93. The van der Waals surface area contributed by atoms with Crippen molar-refractivity contribution in [2.45, 2.75) is 6.54 Å². The predicted molar refractivity (Wildman–Crippen MR) is 45.9 cm³/mol. The van der Waals surface area contributed by atoms with Gasteiger partial charge in [-0.1, -0.05) is 6.07 Å². The van der Waals surface area contributed by atoms with E-state index in [-0.39, 0.29) is 16.6 Å². The summed E-state index contributed by atoms with van der Waals surface area (Å²) in [6.45, 7) is -0.195. The van der Waals surface area contributed by atoms with Crippen LogP contribution in [-0.2, 0) is 11.3 Å². The zero-order chi connectivity index (χ0) is 9.84. The van der Waals surface area contributed by atoms with Crippen molar-refractivity contribution in [3.8, 4) is 0 Å². The summed E-state index contributed by atoms with van der Waals surface area (Å²) in [6.07, 6.45) is 1.25. The summed E-state index contributed by atoms with van der Waals surface area (Å²) >= 11 is 2.83. The normalized spacial score (nSPS) is 9.46. The van der Waals surface area contributed by atoms with Crippen molar-refractivity contribution >= 4 is 22.0 Å². The largest absolute Gasteiger partial charge is 0.235 e. The summed E-state index contributed by atoms with van der Waals surface area (Å²) < 4.78 is 25.9. The third-order valence-corrected chi connectivity index (χ3v) is 2.04. The molecule has 0 atom stereocenters. The average Bonchev–Trinajstić information content (AvgIpc) is 2.13. The van der Waals surface area contributed by atoms with Crippen LogP contribution in [0.15, 0.2) is 21.6 Å². The monoisotopic (exact) mass is 247 g/mol. The van der Waals surface area contributed by atoms with Crippen LogP contribution in [0.3, 0.4) is 0 Å². The summed E-state index contributed by atoms with van der Waals surface area (Å²) in [7, 11) is 0. The van der Waals surface area contributed by atoms with Crippen molar-refractivity contribution in [1.82, 2.24) is 0 Å². The molecule has 0 heterocycles. The molecule has 13 heavy (non-hydrogen) atoms. The lowest BCUT2D eigenvalue weighted by Gasteiger charge is -2.00. The van der Waals surface area contributed by atoms with Crippen LogP contribution in [-0.4, -0.2) is 6.08 Å². The van der Waals surface area contributed by atoms with E-state index in [0.29, 0.717) is 0 Å². The first-order chi connectivity index (χ1) is 6.16. The van der Waals surface area contributed by atoms with Crippen LogP contribution in [0.2, 0.25) is 0 Å². The highest BCUT2D eigenvalue weighted by molar-refractivity contribution is 9.10. The zero-order valence-corrected chi connectivity index (χ0v) is 7.94. The summed E-state index contributed by atoms with van der Waals surface area (Å²) in [5.74, 6) is -1.97. The van der Waals surface area contributed by atoms with Gasteiger partial charge in [-0.05, 0) is 22.0 Å². The summed E-state index contributed by atoms with van der Waals surface area (Å²) in [5.41, 5.74) is 0.0315. The molecule has 0 saturated heterocycles. The summed E-state index contributed by atoms with van der Waals surface area (Å²) in [6, 6.07) is 2.71. The first kappa shape index (κ1) is 10.0. The highest BCUT2D eigenvalue weighted by atomic mass is 79.9. The van der Waals surface area contributed by atoms with E-state index < -0.39 is 11.6 Å². The van der Waals surface area contributed by atoms with Crippen molar-refractivity contribution in [2.24, 2.45) is 4.99 Å². The van der Waals surface area contributed by atoms with E-state index in [9.17, 15) is 13.6 Å². The molecular formula is C8H4BrF2NO. The SMILES string of the molecule is O=C=NCc1ccc(Br)c(F)c1F. The second kappa shape index (κ2) is 4.25. The molecule has 0 bridgehead atoms. The third-order valence-electron chi connectivity index (χ3n) is 1.43. The fourth-order valence-electron chi connectivity index (χ4n) is 0.805. The Kier molecular flexibility index (Phi) is 3.28. The van der Waals surface area contributed by atoms with Gasteiger partial charge in [0.2, 0.25) is 6.08 Å². The topological polar surface area (TPSA) is 29.4 Å². The first-order valence-electron chi connectivity index (χ1n) is 3.33. The lowest BCUT2D eigenvalue weighted by molar-refractivity contribution is 0.494. The zero-order valence-electron chi connectivity index (χ0n) is 6.35. The molecule has 0 amide bonds. The minimum Gasteiger partial charge on any atom is -0.211 e. The van der Waals surface area contributed by atoms with Gasteiger partial charge in [-0.15, -0.1) is 0 Å². The van der Waals surface area contributed by atoms with E-state index >= 15 is 0 Å². The molecular weight excluding hydrogens is 244 g/mol. The Balaban J connectivity index is 3.10. The standard InChI is InChI=1S/C8H4BrF2NO/c9-6-2-1-5(3-12-4-13)7(10)8(6)11/h1-2H,3H2. The molecule has 0 unspecified atom stereocenters. The van der Waals surface area contributed by atoms with Gasteiger partial charge in [0.05, 0.1) is 11.0 Å². The molecule has 0 fully saturated rings. The maximum Gasteiger partial charge on any atom is 0.235 e. The van der Waals surface area contributed by atoms with E-state index in [1.165, 1.54) is 18.2 Å². The number of halogens is 3. The molecule has 1 aromatic carbocycles. The number of hydrogen-bond donors (Lipinski definition) is 0. The van der Waals surface area contributed by atoms with Crippen LogP contribution < -0.4 is 0 Å². The van der Waals surface area contributed by atoms with Gasteiger partial charge in [0.1, 0.15) is 0 Å². The van der Waals surface area contributed by atoms with Crippen molar-refractivity contribution in [3.63, 3.8) is 0 Å². The first-order valence-corrected chi connectivity index (χ1v) is 4.12. The van der Waals surface area contributed by atoms with Crippen LogP contribution >= 0.6 is 15.9 Å². The second-order valence-electron chi connectivity index (χ2n) is 2.24. The van der Waals surface area contributed by atoms with Crippen molar-refractivity contribution in [1.29, 1.82) is 0 Å². The van der Waals surface area contributed by atoms with E-state index in [1.807, 2.05) is 0 Å². The molecule has 0 spiro atoms. The molecule has 0 radical (unpaired) electrons. The Morgan fingerprint density at radius 3 is 2.69 bits per heavy atom. The fraction of sp³-hybridized carbons (Fsp3) is 0.125. The second-order valence-corrected chi connectivity index (χ2v) is 3.10. The van der Waals surface area contributed by atoms with Crippen molar-refractivity contribution in [2.75, 3.05) is 0 Å². The lowest BCUT2D eigenvalue weighted by atomic mass is 10.2. The fourth-order valence-corrected chi connectivity index (χ4v) is 1.11. The molecule has 1 rings (SSSR count). The number of rotatable bonds is 2. The van der Waals surface area contributed by atoms with Crippen LogP contribution in [0, 0.1) is 11.6 Å². The number of aliphatic imine (C=N–C) groups is 1. The van der Waals surface area contributed by atoms with Crippen molar-refractivity contribution < 1.29 is 13.6 Å². The Morgan fingerprint density at radius 2 is 2.08 bits per heavy atom. The molecule has 0 aliphatic rings. The highest BCUT2D eigenvalue weighted by Crippen LogP contribution is 2.21. The molecule has 5 heteroatoms. The van der Waals surface area contributed by atoms with Gasteiger partial charge < -0.3 is 0 Å². The van der Waals surface area contributed by atoms with Gasteiger partial charge in [-0.25, -0.2) is 18.6 Å². The Morgan fingerprint density at radius 1 is 1.38 bits per heavy atom. The van der Waals surface area contributed by atoms with Crippen LogP contribution in [0.4, 0.5) is 8.78 Å². The minimum atomic E-state index is -0.992. The maximum absolute atomic E-state index is 13.0. The average molecular weight is 248 g/mol. The van der Waals surface area contributed by atoms with Crippen LogP contribution in [0.25, 0.3) is 0 Å². The number of isocyanates is 1.